The number of hydrogen-bond acceptors (Lipinski definition) is 3. The van der Waals surface area contributed by atoms with Gasteiger partial charge in [-0.1, -0.05) is 0 Å². The van der Waals surface area contributed by atoms with Crippen molar-refractivity contribution < 1.29 is 13.9 Å². The molecule has 20 heavy (non-hydrogen) atoms. The maximum Gasteiger partial charge on any atom is 0.223 e. The average molecular weight is 297 g/mol. The van der Waals surface area contributed by atoms with Crippen molar-refractivity contribution in [2.24, 2.45) is 0 Å². The molecule has 1 aliphatic rings. The second kappa shape index (κ2) is 7.64. The Kier molecular flexibility index (Phi) is 5.86. The minimum Gasteiger partial charge on any atom is -0.381 e. The maximum absolute atomic E-state index is 12.8. The third-order valence-corrected chi connectivity index (χ3v) is 4.54. The number of likely N-dealkylation sites (tertiary alicyclic amines) is 1. The average Bonchev–Trinajstić information content (AvgIpc) is 2.49. The number of piperidine rings is 1. The summed E-state index contributed by atoms with van der Waals surface area (Å²) in [6.07, 6.45) is 2.67. The van der Waals surface area contributed by atoms with Gasteiger partial charge in [0.1, 0.15) is 5.82 Å². The Labute approximate surface area is 123 Å². The molecule has 1 fully saturated rings. The number of ether oxygens (including phenoxy) is 1. The lowest BCUT2D eigenvalue weighted by Crippen LogP contribution is -2.40. The van der Waals surface area contributed by atoms with Crippen LogP contribution in [0.5, 0.6) is 0 Å². The van der Waals surface area contributed by atoms with Gasteiger partial charge in [0.2, 0.25) is 5.91 Å². The van der Waals surface area contributed by atoms with Crippen LogP contribution in [0.15, 0.2) is 29.2 Å². The Morgan fingerprint density at radius 2 is 2.00 bits per heavy atom. The molecule has 1 heterocycles. The molecule has 0 spiro atoms. The largest absolute Gasteiger partial charge is 0.381 e. The molecule has 5 heteroatoms. The molecule has 110 valence electrons. The van der Waals surface area contributed by atoms with E-state index in [0.717, 1.165) is 36.6 Å². The first kappa shape index (κ1) is 15.3. The number of benzene rings is 1. The highest BCUT2D eigenvalue weighted by Gasteiger charge is 2.21. The number of amides is 1. The number of thioether (sulfide) groups is 1. The predicted octanol–water partition coefficient (Wildman–Crippen LogP) is 2.95. The Bertz CT molecular complexity index is 430. The zero-order valence-corrected chi connectivity index (χ0v) is 12.5. The molecular formula is C15H20FNO2S. The van der Waals surface area contributed by atoms with Crippen LogP contribution in [0.2, 0.25) is 0 Å². The summed E-state index contributed by atoms with van der Waals surface area (Å²) >= 11 is 1.59. The molecule has 1 saturated heterocycles. The second-order valence-electron chi connectivity index (χ2n) is 4.87. The maximum atomic E-state index is 12.8. The van der Waals surface area contributed by atoms with Crippen molar-refractivity contribution in [2.45, 2.75) is 30.3 Å². The van der Waals surface area contributed by atoms with Crippen LogP contribution in [0.4, 0.5) is 4.39 Å². The molecule has 0 bridgehead atoms. The summed E-state index contributed by atoms with van der Waals surface area (Å²) in [4.78, 5) is 15.0. The van der Waals surface area contributed by atoms with Gasteiger partial charge in [-0.3, -0.25) is 4.79 Å². The van der Waals surface area contributed by atoms with Crippen molar-refractivity contribution in [1.82, 2.24) is 4.90 Å². The molecule has 0 radical (unpaired) electrons. The Balaban J connectivity index is 1.69. The number of halogens is 1. The summed E-state index contributed by atoms with van der Waals surface area (Å²) < 4.78 is 18.1. The van der Waals surface area contributed by atoms with E-state index in [0.29, 0.717) is 12.5 Å². The SMILES string of the molecule is COC1CCN(C(=O)CCSc2ccc(F)cc2)CC1. The zero-order chi connectivity index (χ0) is 14.4. The van der Waals surface area contributed by atoms with Crippen LogP contribution < -0.4 is 0 Å². The van der Waals surface area contributed by atoms with Gasteiger partial charge in [0, 0.05) is 37.3 Å². The molecule has 2 rings (SSSR count). The molecule has 0 atom stereocenters. The third kappa shape index (κ3) is 4.49. The molecule has 0 N–H and O–H groups in total. The lowest BCUT2D eigenvalue weighted by atomic mass is 10.1. The van der Waals surface area contributed by atoms with Gasteiger partial charge in [0.15, 0.2) is 0 Å². The van der Waals surface area contributed by atoms with Crippen LogP contribution in [0.25, 0.3) is 0 Å². The first-order chi connectivity index (χ1) is 9.69. The summed E-state index contributed by atoms with van der Waals surface area (Å²) in [5.41, 5.74) is 0. The molecule has 0 aliphatic carbocycles. The van der Waals surface area contributed by atoms with Crippen molar-refractivity contribution in [3.63, 3.8) is 0 Å². The van der Waals surface area contributed by atoms with Crippen LogP contribution in [0.3, 0.4) is 0 Å². The number of hydrogen-bond donors (Lipinski definition) is 0. The number of nitrogens with zero attached hydrogens (tertiary/aromatic N) is 1. The summed E-state index contributed by atoms with van der Waals surface area (Å²) in [5.74, 6) is 0.704. The smallest absolute Gasteiger partial charge is 0.223 e. The third-order valence-electron chi connectivity index (χ3n) is 3.53. The first-order valence-corrected chi connectivity index (χ1v) is 7.86. The van der Waals surface area contributed by atoms with Crippen molar-refractivity contribution in [3.8, 4) is 0 Å². The second-order valence-corrected chi connectivity index (χ2v) is 6.04. The van der Waals surface area contributed by atoms with Crippen molar-refractivity contribution in [3.05, 3.63) is 30.1 Å². The van der Waals surface area contributed by atoms with Gasteiger partial charge < -0.3 is 9.64 Å². The molecule has 1 aromatic carbocycles. The minimum atomic E-state index is -0.230. The standard InChI is InChI=1S/C15H20FNO2S/c1-19-13-6-9-17(10-7-13)15(18)8-11-20-14-4-2-12(16)3-5-14/h2-5,13H,6-11H2,1H3. The minimum absolute atomic E-state index is 0.203. The fraction of sp³-hybridized carbons (Fsp3) is 0.533. The fourth-order valence-electron chi connectivity index (χ4n) is 2.29. The highest BCUT2D eigenvalue weighted by Crippen LogP contribution is 2.20. The Morgan fingerprint density at radius 1 is 1.35 bits per heavy atom. The van der Waals surface area contributed by atoms with E-state index in [1.807, 2.05) is 4.90 Å². The Hall–Kier alpha value is -1.07. The van der Waals surface area contributed by atoms with Gasteiger partial charge in [-0.15, -0.1) is 11.8 Å². The van der Waals surface area contributed by atoms with Gasteiger partial charge in [-0.25, -0.2) is 4.39 Å². The molecule has 1 aromatic rings. The fourth-order valence-corrected chi connectivity index (χ4v) is 3.13. The van der Waals surface area contributed by atoms with Crippen molar-refractivity contribution in [2.75, 3.05) is 26.0 Å². The predicted molar refractivity (Wildman–Crippen MR) is 78.4 cm³/mol. The summed E-state index contributed by atoms with van der Waals surface area (Å²) in [5, 5.41) is 0. The number of carbonyl (C=O) groups is 1. The molecule has 1 amide bonds. The normalized spacial score (nSPS) is 16.4. The van der Waals surface area contributed by atoms with E-state index >= 15 is 0 Å². The number of rotatable bonds is 5. The van der Waals surface area contributed by atoms with E-state index in [1.165, 1.54) is 12.1 Å². The molecular weight excluding hydrogens is 277 g/mol. The summed E-state index contributed by atoms with van der Waals surface area (Å²) in [6.45, 7) is 1.58. The van der Waals surface area contributed by atoms with Crippen molar-refractivity contribution >= 4 is 17.7 Å². The van der Waals surface area contributed by atoms with Gasteiger partial charge in [-0.2, -0.15) is 0 Å². The molecule has 0 aromatic heterocycles. The van der Waals surface area contributed by atoms with E-state index in [2.05, 4.69) is 0 Å². The lowest BCUT2D eigenvalue weighted by Gasteiger charge is -2.31. The lowest BCUT2D eigenvalue weighted by molar-refractivity contribution is -0.133. The Morgan fingerprint density at radius 3 is 2.60 bits per heavy atom. The van der Waals surface area contributed by atoms with Gasteiger partial charge in [0.05, 0.1) is 6.10 Å². The van der Waals surface area contributed by atoms with Crippen LogP contribution in [0, 0.1) is 5.82 Å². The van der Waals surface area contributed by atoms with Gasteiger partial charge >= 0.3 is 0 Å². The number of methoxy groups -OCH3 is 1. The quantitative estimate of drug-likeness (QED) is 0.783. The van der Waals surface area contributed by atoms with E-state index in [4.69, 9.17) is 4.74 Å². The monoisotopic (exact) mass is 297 g/mol. The highest BCUT2D eigenvalue weighted by atomic mass is 32.2. The highest BCUT2D eigenvalue weighted by molar-refractivity contribution is 7.99. The molecule has 1 aliphatic heterocycles. The van der Waals surface area contributed by atoms with E-state index in [9.17, 15) is 9.18 Å². The van der Waals surface area contributed by atoms with E-state index in [-0.39, 0.29) is 11.7 Å². The summed E-state index contributed by atoms with van der Waals surface area (Å²) in [6, 6.07) is 6.38. The first-order valence-electron chi connectivity index (χ1n) is 6.88. The molecule has 0 unspecified atom stereocenters. The number of carbonyl (C=O) groups excluding carboxylic acids is 1. The topological polar surface area (TPSA) is 29.5 Å². The van der Waals surface area contributed by atoms with Crippen LogP contribution >= 0.6 is 11.8 Å². The zero-order valence-electron chi connectivity index (χ0n) is 11.7. The van der Waals surface area contributed by atoms with Crippen molar-refractivity contribution in [1.29, 1.82) is 0 Å². The van der Waals surface area contributed by atoms with Crippen LogP contribution in [-0.2, 0) is 9.53 Å². The van der Waals surface area contributed by atoms with Gasteiger partial charge in [-0.05, 0) is 37.1 Å². The molecule has 0 saturated carbocycles. The van der Waals surface area contributed by atoms with E-state index < -0.39 is 0 Å². The van der Waals surface area contributed by atoms with E-state index in [1.54, 1.807) is 31.0 Å². The molecule has 3 nitrogen and oxygen atoms in total. The van der Waals surface area contributed by atoms with Crippen LogP contribution in [-0.4, -0.2) is 42.9 Å². The van der Waals surface area contributed by atoms with Gasteiger partial charge in [0.25, 0.3) is 0 Å². The summed E-state index contributed by atoms with van der Waals surface area (Å²) in [7, 11) is 1.72. The van der Waals surface area contributed by atoms with Crippen LogP contribution in [0.1, 0.15) is 19.3 Å².